The van der Waals surface area contributed by atoms with Gasteiger partial charge in [0.1, 0.15) is 11.9 Å². The molecule has 6 nitrogen and oxygen atoms in total. The highest BCUT2D eigenvalue weighted by molar-refractivity contribution is 5.89. The van der Waals surface area contributed by atoms with Crippen LogP contribution >= 0.6 is 0 Å². The molecule has 1 saturated carbocycles. The number of pyridine rings is 1. The third-order valence-corrected chi connectivity index (χ3v) is 6.35. The van der Waals surface area contributed by atoms with Gasteiger partial charge in [0.2, 0.25) is 0 Å². The molecule has 2 fully saturated rings. The molecule has 2 aliphatic rings. The van der Waals surface area contributed by atoms with Crippen LogP contribution in [0.15, 0.2) is 42.5 Å². The molecular weight excluding hydrogens is 380 g/mol. The highest BCUT2D eigenvalue weighted by Crippen LogP contribution is 2.38. The number of aromatic nitrogens is 1. The lowest BCUT2D eigenvalue weighted by molar-refractivity contribution is -0.0231. The SMILES string of the molecule is COC(=O)c1ccc(O[C@@H]2C[C@@H]3CN(CCc4cccc(C)n4)C[C@@H]3C[C@H]2O)cc1. The summed E-state index contributed by atoms with van der Waals surface area (Å²) in [6, 6.07) is 13.1. The van der Waals surface area contributed by atoms with Crippen LogP contribution in [0.4, 0.5) is 0 Å². The van der Waals surface area contributed by atoms with Crippen molar-refractivity contribution in [2.75, 3.05) is 26.7 Å². The number of hydrogen-bond acceptors (Lipinski definition) is 6. The van der Waals surface area contributed by atoms with E-state index in [2.05, 4.69) is 22.0 Å². The van der Waals surface area contributed by atoms with Crippen molar-refractivity contribution in [2.24, 2.45) is 11.8 Å². The van der Waals surface area contributed by atoms with Crippen LogP contribution < -0.4 is 4.74 Å². The first kappa shape index (κ1) is 20.8. The molecule has 1 aliphatic carbocycles. The van der Waals surface area contributed by atoms with Crippen LogP contribution in [0.25, 0.3) is 0 Å². The summed E-state index contributed by atoms with van der Waals surface area (Å²) in [5.74, 6) is 1.37. The van der Waals surface area contributed by atoms with Crippen LogP contribution in [0.1, 0.15) is 34.6 Å². The summed E-state index contributed by atoms with van der Waals surface area (Å²) in [6.45, 7) is 5.11. The number of carbonyl (C=O) groups excluding carboxylic acids is 1. The average molecular weight is 411 g/mol. The van der Waals surface area contributed by atoms with Gasteiger partial charge in [-0.05, 0) is 68.0 Å². The average Bonchev–Trinajstić information content (AvgIpc) is 3.14. The van der Waals surface area contributed by atoms with Crippen LogP contribution in [0, 0.1) is 18.8 Å². The highest BCUT2D eigenvalue weighted by atomic mass is 16.5. The number of ether oxygens (including phenoxy) is 2. The van der Waals surface area contributed by atoms with Crippen molar-refractivity contribution in [3.8, 4) is 5.75 Å². The molecule has 1 aliphatic heterocycles. The largest absolute Gasteiger partial charge is 0.488 e. The molecular formula is C24H30N2O4. The van der Waals surface area contributed by atoms with Crippen molar-refractivity contribution in [3.05, 3.63) is 59.4 Å². The maximum atomic E-state index is 11.6. The molecule has 0 radical (unpaired) electrons. The zero-order valence-corrected chi connectivity index (χ0v) is 17.7. The minimum absolute atomic E-state index is 0.214. The fraction of sp³-hybridized carbons (Fsp3) is 0.500. The normalized spacial score (nSPS) is 26.2. The van der Waals surface area contributed by atoms with E-state index in [9.17, 15) is 9.90 Å². The molecule has 4 atom stereocenters. The van der Waals surface area contributed by atoms with Crippen molar-refractivity contribution < 1.29 is 19.4 Å². The lowest BCUT2D eigenvalue weighted by Crippen LogP contribution is -2.42. The van der Waals surface area contributed by atoms with E-state index in [0.29, 0.717) is 23.1 Å². The van der Waals surface area contributed by atoms with Crippen molar-refractivity contribution in [3.63, 3.8) is 0 Å². The summed E-state index contributed by atoms with van der Waals surface area (Å²) in [4.78, 5) is 18.7. The maximum absolute atomic E-state index is 11.6. The molecule has 2 heterocycles. The second kappa shape index (κ2) is 9.14. The number of carbonyl (C=O) groups is 1. The summed E-state index contributed by atoms with van der Waals surface area (Å²) < 4.78 is 10.8. The Labute approximate surface area is 177 Å². The number of aryl methyl sites for hydroxylation is 1. The van der Waals surface area contributed by atoms with Crippen molar-refractivity contribution >= 4 is 5.97 Å². The number of fused-ring (bicyclic) bond motifs is 1. The van der Waals surface area contributed by atoms with E-state index in [-0.39, 0.29) is 12.1 Å². The van der Waals surface area contributed by atoms with Crippen LogP contribution in [0.5, 0.6) is 5.75 Å². The Kier molecular flexibility index (Phi) is 6.35. The molecule has 0 spiro atoms. The summed E-state index contributed by atoms with van der Waals surface area (Å²) in [6.07, 6.45) is 1.90. The van der Waals surface area contributed by atoms with Crippen LogP contribution in [-0.4, -0.2) is 59.9 Å². The molecule has 1 saturated heterocycles. The van der Waals surface area contributed by atoms with Crippen LogP contribution in [0.2, 0.25) is 0 Å². The Morgan fingerprint density at radius 3 is 2.57 bits per heavy atom. The maximum Gasteiger partial charge on any atom is 0.337 e. The predicted octanol–water partition coefficient (Wildman–Crippen LogP) is 2.87. The fourth-order valence-corrected chi connectivity index (χ4v) is 4.77. The van der Waals surface area contributed by atoms with E-state index >= 15 is 0 Å². The zero-order chi connectivity index (χ0) is 21.1. The van der Waals surface area contributed by atoms with Gasteiger partial charge in [0.15, 0.2) is 0 Å². The van der Waals surface area contributed by atoms with Gasteiger partial charge in [-0.25, -0.2) is 4.79 Å². The fourth-order valence-electron chi connectivity index (χ4n) is 4.77. The summed E-state index contributed by atoms with van der Waals surface area (Å²) in [7, 11) is 1.36. The summed E-state index contributed by atoms with van der Waals surface area (Å²) >= 11 is 0. The third kappa shape index (κ3) is 4.82. The molecule has 6 heteroatoms. The number of benzene rings is 1. The molecule has 160 valence electrons. The molecule has 1 aromatic heterocycles. The Hall–Kier alpha value is -2.44. The molecule has 0 amide bonds. The zero-order valence-electron chi connectivity index (χ0n) is 17.7. The topological polar surface area (TPSA) is 71.9 Å². The van der Waals surface area contributed by atoms with Gasteiger partial charge < -0.3 is 19.5 Å². The first-order chi connectivity index (χ1) is 14.5. The number of likely N-dealkylation sites (tertiary alicyclic amines) is 1. The Bertz CT molecular complexity index is 870. The van der Waals surface area contributed by atoms with Gasteiger partial charge in [-0.1, -0.05) is 6.07 Å². The van der Waals surface area contributed by atoms with E-state index in [1.807, 2.05) is 13.0 Å². The van der Waals surface area contributed by atoms with Gasteiger partial charge in [0.05, 0.1) is 18.8 Å². The molecule has 1 N–H and O–H groups in total. The summed E-state index contributed by atoms with van der Waals surface area (Å²) in [5, 5.41) is 10.7. The number of methoxy groups -OCH3 is 1. The first-order valence-electron chi connectivity index (χ1n) is 10.7. The predicted molar refractivity (Wildman–Crippen MR) is 114 cm³/mol. The van der Waals surface area contributed by atoms with Crippen LogP contribution in [-0.2, 0) is 11.2 Å². The number of esters is 1. The van der Waals surface area contributed by atoms with Crippen molar-refractivity contribution in [2.45, 2.75) is 38.4 Å². The Morgan fingerprint density at radius 1 is 1.13 bits per heavy atom. The number of rotatable bonds is 6. The van der Waals surface area contributed by atoms with E-state index in [4.69, 9.17) is 9.47 Å². The number of aliphatic hydroxyl groups excluding tert-OH is 1. The molecule has 1 aromatic carbocycles. The number of aliphatic hydroxyl groups is 1. The molecule has 0 unspecified atom stereocenters. The number of nitrogens with zero attached hydrogens (tertiary/aromatic N) is 2. The van der Waals surface area contributed by atoms with Crippen LogP contribution in [0.3, 0.4) is 0 Å². The number of hydrogen-bond donors (Lipinski definition) is 1. The monoisotopic (exact) mass is 410 g/mol. The minimum atomic E-state index is -0.468. The molecule has 2 aromatic rings. The van der Waals surface area contributed by atoms with Gasteiger partial charge in [-0.2, -0.15) is 0 Å². The lowest BCUT2D eigenvalue weighted by Gasteiger charge is -2.35. The standard InChI is InChI=1S/C24H30N2O4/c1-16-4-3-5-20(25-16)10-11-26-14-18-12-22(27)23(13-19(18)15-26)30-21-8-6-17(7-9-21)24(28)29-2/h3-9,18-19,22-23,27H,10-15H2,1-2H3/t18-,19+,22+,23+/m0/s1. The highest BCUT2D eigenvalue weighted by Gasteiger charge is 2.42. The van der Waals surface area contributed by atoms with E-state index in [0.717, 1.165) is 50.3 Å². The van der Waals surface area contributed by atoms with E-state index < -0.39 is 6.10 Å². The van der Waals surface area contributed by atoms with Gasteiger partial charge in [-0.3, -0.25) is 4.98 Å². The minimum Gasteiger partial charge on any atom is -0.488 e. The van der Waals surface area contributed by atoms with Gasteiger partial charge in [-0.15, -0.1) is 0 Å². The Morgan fingerprint density at radius 2 is 1.87 bits per heavy atom. The van der Waals surface area contributed by atoms with Crippen molar-refractivity contribution in [1.29, 1.82) is 0 Å². The quantitative estimate of drug-likeness (QED) is 0.739. The smallest absolute Gasteiger partial charge is 0.337 e. The van der Waals surface area contributed by atoms with Gasteiger partial charge in [0, 0.05) is 37.4 Å². The molecule has 0 bridgehead atoms. The van der Waals surface area contributed by atoms with Crippen molar-refractivity contribution in [1.82, 2.24) is 9.88 Å². The summed E-state index contributed by atoms with van der Waals surface area (Å²) in [5.41, 5.74) is 2.69. The van der Waals surface area contributed by atoms with E-state index in [1.54, 1.807) is 24.3 Å². The first-order valence-corrected chi connectivity index (χ1v) is 10.7. The van der Waals surface area contributed by atoms with Gasteiger partial charge in [0.25, 0.3) is 0 Å². The second-order valence-corrected chi connectivity index (χ2v) is 8.51. The van der Waals surface area contributed by atoms with E-state index in [1.165, 1.54) is 7.11 Å². The Balaban J connectivity index is 1.31. The second-order valence-electron chi connectivity index (χ2n) is 8.51. The molecule has 4 rings (SSSR count). The third-order valence-electron chi connectivity index (χ3n) is 6.35. The molecule has 30 heavy (non-hydrogen) atoms. The lowest BCUT2D eigenvalue weighted by atomic mass is 9.78. The van der Waals surface area contributed by atoms with Gasteiger partial charge >= 0.3 is 5.97 Å².